The van der Waals surface area contributed by atoms with E-state index >= 15 is 0 Å². The van der Waals surface area contributed by atoms with Crippen LogP contribution in [0.15, 0.2) is 54.6 Å². The van der Waals surface area contributed by atoms with Crippen LogP contribution in [0, 0.1) is 11.8 Å². The number of amides is 2. The summed E-state index contributed by atoms with van der Waals surface area (Å²) >= 11 is 0. The maximum Gasteiger partial charge on any atom is 0.307 e. The summed E-state index contributed by atoms with van der Waals surface area (Å²) in [6.45, 7) is 2.68. The zero-order valence-corrected chi connectivity index (χ0v) is 18.1. The number of rotatable bonds is 5. The van der Waals surface area contributed by atoms with Crippen molar-refractivity contribution < 1.29 is 19.5 Å². The lowest BCUT2D eigenvalue weighted by atomic mass is 9.78. The first kappa shape index (κ1) is 21.9. The minimum Gasteiger partial charge on any atom is -0.481 e. The van der Waals surface area contributed by atoms with Crippen molar-refractivity contribution in [3.05, 3.63) is 60.2 Å². The highest BCUT2D eigenvalue weighted by Gasteiger charge is 2.36. The summed E-state index contributed by atoms with van der Waals surface area (Å²) in [6.07, 6.45) is 2.74. The van der Waals surface area contributed by atoms with Crippen molar-refractivity contribution in [3.8, 4) is 0 Å². The predicted octanol–water partition coefficient (Wildman–Crippen LogP) is 3.48. The molecule has 7 heteroatoms. The Labute approximate surface area is 188 Å². The van der Waals surface area contributed by atoms with Gasteiger partial charge in [0.05, 0.1) is 23.1 Å². The Hall–Kier alpha value is -3.35. The molecule has 1 saturated heterocycles. The molecule has 2 unspecified atom stereocenters. The zero-order chi connectivity index (χ0) is 22.5. The van der Waals surface area contributed by atoms with E-state index in [9.17, 15) is 19.5 Å². The first-order valence-corrected chi connectivity index (χ1v) is 11.3. The molecule has 1 aliphatic carbocycles. The molecule has 2 aliphatic rings. The highest BCUT2D eigenvalue weighted by atomic mass is 16.4. The molecule has 7 nitrogen and oxygen atoms in total. The van der Waals surface area contributed by atoms with Gasteiger partial charge in [-0.25, -0.2) is 0 Å². The number of aliphatic carboxylic acids is 1. The Morgan fingerprint density at radius 3 is 2.12 bits per heavy atom. The number of anilines is 2. The average Bonchev–Trinajstić information content (AvgIpc) is 2.84. The molecule has 0 spiro atoms. The lowest BCUT2D eigenvalue weighted by Gasteiger charge is -2.36. The van der Waals surface area contributed by atoms with Crippen LogP contribution in [0.5, 0.6) is 0 Å². The van der Waals surface area contributed by atoms with Crippen molar-refractivity contribution >= 4 is 29.2 Å². The molecular weight excluding hydrogens is 406 g/mol. The van der Waals surface area contributed by atoms with Gasteiger partial charge < -0.3 is 20.2 Å². The minimum atomic E-state index is -0.925. The molecule has 0 bridgehead atoms. The molecule has 1 saturated carbocycles. The van der Waals surface area contributed by atoms with Crippen LogP contribution in [0.25, 0.3) is 0 Å². The molecule has 1 heterocycles. The van der Waals surface area contributed by atoms with Crippen molar-refractivity contribution in [2.75, 3.05) is 36.4 Å². The van der Waals surface area contributed by atoms with Gasteiger partial charge in [-0.15, -0.1) is 0 Å². The first-order valence-electron chi connectivity index (χ1n) is 11.3. The van der Waals surface area contributed by atoms with E-state index < -0.39 is 17.8 Å². The van der Waals surface area contributed by atoms with Crippen molar-refractivity contribution in [2.45, 2.75) is 25.7 Å². The molecule has 0 aromatic heterocycles. The summed E-state index contributed by atoms with van der Waals surface area (Å²) in [5, 5.41) is 12.4. The van der Waals surface area contributed by atoms with Gasteiger partial charge in [0.2, 0.25) is 5.91 Å². The third kappa shape index (κ3) is 4.77. The lowest BCUT2D eigenvalue weighted by molar-refractivity contribution is -0.147. The summed E-state index contributed by atoms with van der Waals surface area (Å²) in [6, 6.07) is 17.1. The average molecular weight is 436 g/mol. The van der Waals surface area contributed by atoms with Gasteiger partial charge in [-0.05, 0) is 37.1 Å². The van der Waals surface area contributed by atoms with Crippen LogP contribution in [0.1, 0.15) is 36.0 Å². The van der Waals surface area contributed by atoms with Gasteiger partial charge in [0.1, 0.15) is 0 Å². The van der Waals surface area contributed by atoms with Crippen molar-refractivity contribution in [1.82, 2.24) is 4.90 Å². The van der Waals surface area contributed by atoms with Crippen LogP contribution >= 0.6 is 0 Å². The van der Waals surface area contributed by atoms with Gasteiger partial charge >= 0.3 is 5.97 Å². The summed E-state index contributed by atoms with van der Waals surface area (Å²) in [7, 11) is 0. The lowest BCUT2D eigenvalue weighted by Crippen LogP contribution is -2.49. The van der Waals surface area contributed by atoms with E-state index in [0.29, 0.717) is 37.2 Å². The van der Waals surface area contributed by atoms with E-state index in [1.54, 1.807) is 24.3 Å². The van der Waals surface area contributed by atoms with E-state index in [2.05, 4.69) is 22.3 Å². The quantitative estimate of drug-likeness (QED) is 0.751. The fraction of sp³-hybridized carbons (Fsp3) is 0.400. The van der Waals surface area contributed by atoms with Crippen LogP contribution in [0.4, 0.5) is 11.4 Å². The highest BCUT2D eigenvalue weighted by Crippen LogP contribution is 2.32. The molecule has 2 N–H and O–H groups in total. The van der Waals surface area contributed by atoms with E-state index in [4.69, 9.17) is 0 Å². The third-order valence-electron chi connectivity index (χ3n) is 6.52. The number of nitrogens with one attached hydrogen (secondary N) is 1. The summed E-state index contributed by atoms with van der Waals surface area (Å²) in [5.74, 6) is -2.60. The van der Waals surface area contributed by atoms with Crippen LogP contribution in [-0.2, 0) is 9.59 Å². The van der Waals surface area contributed by atoms with E-state index in [1.807, 2.05) is 23.1 Å². The number of carboxylic acid groups (broad SMARTS) is 1. The number of benzene rings is 2. The number of carbonyl (C=O) groups excluding carboxylic acids is 2. The number of carboxylic acids is 1. The molecule has 2 fully saturated rings. The summed E-state index contributed by atoms with van der Waals surface area (Å²) in [4.78, 5) is 41.8. The molecule has 32 heavy (non-hydrogen) atoms. The number of hydrogen-bond donors (Lipinski definition) is 2. The molecule has 4 rings (SSSR count). The second-order valence-corrected chi connectivity index (χ2v) is 8.49. The van der Waals surface area contributed by atoms with E-state index in [0.717, 1.165) is 31.6 Å². The second kappa shape index (κ2) is 9.85. The number of para-hydroxylation sites is 2. The fourth-order valence-corrected chi connectivity index (χ4v) is 4.72. The van der Waals surface area contributed by atoms with E-state index in [1.165, 1.54) is 0 Å². The topological polar surface area (TPSA) is 89.9 Å². The first-order chi connectivity index (χ1) is 15.5. The standard InChI is InChI=1S/C25H29N3O4/c29-23(19-10-4-5-11-20(19)25(31)32)26-22-13-7-6-12-21(22)24(30)28-16-14-27(15-17-28)18-8-2-1-3-9-18/h1-3,6-9,12-13,19-20H,4-5,10-11,14-17H2,(H,26,29)(H,31,32). The monoisotopic (exact) mass is 435 g/mol. The molecule has 2 atom stereocenters. The van der Waals surface area contributed by atoms with Crippen molar-refractivity contribution in [3.63, 3.8) is 0 Å². The van der Waals surface area contributed by atoms with Crippen molar-refractivity contribution in [2.24, 2.45) is 11.8 Å². The maximum atomic E-state index is 13.3. The summed E-state index contributed by atoms with van der Waals surface area (Å²) < 4.78 is 0. The van der Waals surface area contributed by atoms with Crippen LogP contribution < -0.4 is 10.2 Å². The molecule has 2 aromatic carbocycles. The Kier molecular flexibility index (Phi) is 6.73. The highest BCUT2D eigenvalue weighted by molar-refractivity contribution is 6.04. The number of hydrogen-bond acceptors (Lipinski definition) is 4. The second-order valence-electron chi connectivity index (χ2n) is 8.49. The van der Waals surface area contributed by atoms with Gasteiger partial charge in [0.15, 0.2) is 0 Å². The Bertz CT molecular complexity index is 970. The Balaban J connectivity index is 1.43. The molecule has 2 amide bonds. The Morgan fingerprint density at radius 1 is 0.812 bits per heavy atom. The zero-order valence-electron chi connectivity index (χ0n) is 18.1. The van der Waals surface area contributed by atoms with Gasteiger partial charge in [-0.1, -0.05) is 43.2 Å². The molecular formula is C25H29N3O4. The predicted molar refractivity (Wildman–Crippen MR) is 123 cm³/mol. The van der Waals surface area contributed by atoms with E-state index in [-0.39, 0.29) is 11.8 Å². The number of nitrogens with zero attached hydrogens (tertiary/aromatic N) is 2. The number of carbonyl (C=O) groups is 3. The van der Waals surface area contributed by atoms with Crippen LogP contribution in [-0.4, -0.2) is 54.0 Å². The van der Waals surface area contributed by atoms with Gasteiger partial charge in [0.25, 0.3) is 5.91 Å². The largest absolute Gasteiger partial charge is 0.481 e. The molecule has 2 aromatic rings. The summed E-state index contributed by atoms with van der Waals surface area (Å²) in [5.41, 5.74) is 2.03. The fourth-order valence-electron chi connectivity index (χ4n) is 4.72. The van der Waals surface area contributed by atoms with Crippen LogP contribution in [0.3, 0.4) is 0 Å². The van der Waals surface area contributed by atoms with Gasteiger partial charge in [-0.2, -0.15) is 0 Å². The van der Waals surface area contributed by atoms with Gasteiger partial charge in [0, 0.05) is 31.9 Å². The molecule has 168 valence electrons. The van der Waals surface area contributed by atoms with Gasteiger partial charge in [-0.3, -0.25) is 14.4 Å². The molecule has 0 radical (unpaired) electrons. The van der Waals surface area contributed by atoms with Crippen molar-refractivity contribution in [1.29, 1.82) is 0 Å². The smallest absolute Gasteiger partial charge is 0.307 e. The molecule has 1 aliphatic heterocycles. The Morgan fingerprint density at radius 2 is 1.44 bits per heavy atom. The third-order valence-corrected chi connectivity index (χ3v) is 6.52. The number of piperazine rings is 1. The normalized spacial score (nSPS) is 21.1. The SMILES string of the molecule is O=C(O)C1CCCCC1C(=O)Nc1ccccc1C(=O)N1CCN(c2ccccc2)CC1. The maximum absolute atomic E-state index is 13.3. The van der Waals surface area contributed by atoms with Crippen LogP contribution in [0.2, 0.25) is 0 Å². The minimum absolute atomic E-state index is 0.118.